The Morgan fingerprint density at radius 3 is 2.08 bits per heavy atom. The summed E-state index contributed by atoms with van der Waals surface area (Å²) in [5.41, 5.74) is 1.00. The van der Waals surface area contributed by atoms with Crippen LogP contribution in [0.5, 0.6) is 0 Å². The highest BCUT2D eigenvalue weighted by atomic mass is 28.4. The van der Waals surface area contributed by atoms with E-state index in [1.807, 2.05) is 30.2 Å². The molecule has 2 atom stereocenters. The lowest BCUT2D eigenvalue weighted by Gasteiger charge is -2.47. The van der Waals surface area contributed by atoms with Gasteiger partial charge in [0.1, 0.15) is 17.9 Å². The molecule has 1 saturated heterocycles. The van der Waals surface area contributed by atoms with Gasteiger partial charge < -0.3 is 8.85 Å². The van der Waals surface area contributed by atoms with Crippen molar-refractivity contribution in [3.05, 3.63) is 59.7 Å². The molecular weight excluding hydrogens is 505 g/mol. The largest absolute Gasteiger partial charge is 0.545 e. The highest BCUT2D eigenvalue weighted by Crippen LogP contribution is 2.43. The van der Waals surface area contributed by atoms with Crippen LogP contribution in [0, 0.1) is 6.92 Å². The number of nitrogens with zero attached hydrogens (tertiary/aromatic N) is 2. The summed E-state index contributed by atoms with van der Waals surface area (Å²) in [5.74, 6) is 3.05. The summed E-state index contributed by atoms with van der Waals surface area (Å²) in [6.07, 6.45) is 13.2. The molecule has 2 aliphatic carbocycles. The van der Waals surface area contributed by atoms with Gasteiger partial charge >= 0.3 is 0 Å². The monoisotopic (exact) mass is 558 g/mol. The zero-order valence-electron chi connectivity index (χ0n) is 25.1. The Kier molecular flexibility index (Phi) is 10.3. The molecule has 4 aliphatic rings. The van der Waals surface area contributed by atoms with E-state index in [4.69, 9.17) is 13.7 Å². The summed E-state index contributed by atoms with van der Waals surface area (Å²) in [7, 11) is -3.45. The number of anilines is 1. The number of hydrogen-bond donors (Lipinski definition) is 0. The van der Waals surface area contributed by atoms with Gasteiger partial charge in [-0.2, -0.15) is 0 Å². The lowest BCUT2D eigenvalue weighted by Crippen LogP contribution is -2.52. The van der Waals surface area contributed by atoms with Gasteiger partial charge in [-0.1, -0.05) is 61.1 Å². The fourth-order valence-corrected chi connectivity index (χ4v) is 6.05. The summed E-state index contributed by atoms with van der Waals surface area (Å²) in [4.78, 5) is 10.7. The SMILES string of the molecule is C.CC(C)(C)[Si](C)(C)OC1=CCCC=C1.Cc1cccc(N2OC3C=C(O[Si](C)(C)C(C)(C)C)C2CC3)n1. The third-order valence-electron chi connectivity index (χ3n) is 8.35. The molecule has 214 valence electrons. The van der Waals surface area contributed by atoms with Crippen molar-refractivity contribution in [2.45, 2.75) is 130 Å². The minimum absolute atomic E-state index is 0. The van der Waals surface area contributed by atoms with Crippen LogP contribution in [0.3, 0.4) is 0 Å². The Hall–Kier alpha value is -1.84. The normalized spacial score (nSPS) is 21.5. The molecule has 5 nitrogen and oxygen atoms in total. The molecule has 2 unspecified atom stereocenters. The molecule has 2 bridgehead atoms. The summed E-state index contributed by atoms with van der Waals surface area (Å²) in [6, 6.07) is 6.19. The molecule has 38 heavy (non-hydrogen) atoms. The Bertz CT molecular complexity index is 1030. The van der Waals surface area contributed by atoms with Crippen molar-refractivity contribution in [1.82, 2.24) is 4.98 Å². The topological polar surface area (TPSA) is 43.8 Å². The van der Waals surface area contributed by atoms with Gasteiger partial charge in [-0.3, -0.25) is 4.84 Å². The molecule has 1 fully saturated rings. The van der Waals surface area contributed by atoms with E-state index in [0.717, 1.165) is 48.7 Å². The van der Waals surface area contributed by atoms with Crippen LogP contribution in [0.15, 0.2) is 54.0 Å². The van der Waals surface area contributed by atoms with Crippen molar-refractivity contribution in [2.24, 2.45) is 0 Å². The fraction of sp³-hybridized carbons (Fsp3) is 0.645. The maximum Gasteiger partial charge on any atom is 0.250 e. The second kappa shape index (κ2) is 12.1. The molecule has 3 heterocycles. The second-order valence-electron chi connectivity index (χ2n) is 13.6. The molecule has 1 aromatic heterocycles. The Labute approximate surface area is 235 Å². The number of aryl methyl sites for hydroxylation is 1. The molecule has 5 rings (SSSR count). The minimum Gasteiger partial charge on any atom is -0.545 e. The number of hydrogen-bond acceptors (Lipinski definition) is 5. The summed E-state index contributed by atoms with van der Waals surface area (Å²) < 4.78 is 12.8. The molecule has 0 aromatic carbocycles. The number of fused-ring (bicyclic) bond motifs is 2. The lowest BCUT2D eigenvalue weighted by molar-refractivity contribution is -0.0146. The van der Waals surface area contributed by atoms with Crippen molar-refractivity contribution in [3.63, 3.8) is 0 Å². The van der Waals surface area contributed by atoms with E-state index in [1.165, 1.54) is 0 Å². The zero-order chi connectivity index (χ0) is 27.6. The summed E-state index contributed by atoms with van der Waals surface area (Å²) >= 11 is 0. The van der Waals surface area contributed by atoms with Gasteiger partial charge in [-0.25, -0.2) is 10.0 Å². The molecule has 0 saturated carbocycles. The van der Waals surface area contributed by atoms with Gasteiger partial charge in [-0.05, 0) is 99.2 Å². The predicted molar refractivity (Wildman–Crippen MR) is 167 cm³/mol. The maximum absolute atomic E-state index is 6.61. The van der Waals surface area contributed by atoms with E-state index in [2.05, 4.69) is 97.0 Å². The van der Waals surface area contributed by atoms with Gasteiger partial charge in [0, 0.05) is 5.69 Å². The molecular formula is C31H54N2O3Si2. The van der Waals surface area contributed by atoms with Crippen LogP contribution >= 0.6 is 0 Å². The lowest BCUT2D eigenvalue weighted by atomic mass is 9.96. The van der Waals surface area contributed by atoms with Gasteiger partial charge in [0.15, 0.2) is 5.82 Å². The van der Waals surface area contributed by atoms with Crippen LogP contribution in [-0.4, -0.2) is 33.8 Å². The van der Waals surface area contributed by atoms with Crippen LogP contribution in [0.1, 0.15) is 80.3 Å². The fourth-order valence-electron chi connectivity index (χ4n) is 3.90. The van der Waals surface area contributed by atoms with Gasteiger partial charge in [-0.15, -0.1) is 0 Å². The first-order valence-corrected chi connectivity index (χ1v) is 19.7. The number of rotatable bonds is 5. The van der Waals surface area contributed by atoms with Crippen molar-refractivity contribution in [3.8, 4) is 0 Å². The van der Waals surface area contributed by atoms with Crippen molar-refractivity contribution >= 4 is 22.5 Å². The number of pyridine rings is 1. The number of hydroxylamine groups is 1. The minimum atomic E-state index is -1.84. The Morgan fingerprint density at radius 1 is 0.921 bits per heavy atom. The third-order valence-corrected chi connectivity index (χ3v) is 17.1. The average Bonchev–Trinajstić information content (AvgIpc) is 2.78. The zero-order valence-corrected chi connectivity index (χ0v) is 27.1. The van der Waals surface area contributed by atoms with Gasteiger partial charge in [0.05, 0.1) is 5.76 Å². The van der Waals surface area contributed by atoms with E-state index < -0.39 is 16.6 Å². The first kappa shape index (κ1) is 32.4. The number of allylic oxidation sites excluding steroid dienone is 3. The van der Waals surface area contributed by atoms with E-state index in [1.54, 1.807) is 0 Å². The highest BCUT2D eigenvalue weighted by molar-refractivity contribution is 6.74. The van der Waals surface area contributed by atoms with Crippen molar-refractivity contribution in [1.29, 1.82) is 0 Å². The molecule has 0 amide bonds. The van der Waals surface area contributed by atoms with E-state index in [0.29, 0.717) is 5.04 Å². The second-order valence-corrected chi connectivity index (χ2v) is 23.0. The molecule has 0 N–H and O–H groups in total. The van der Waals surface area contributed by atoms with Crippen LogP contribution in [0.2, 0.25) is 36.3 Å². The molecule has 7 heteroatoms. The quantitative estimate of drug-likeness (QED) is 0.337. The third kappa shape index (κ3) is 7.85. The van der Waals surface area contributed by atoms with Crippen molar-refractivity contribution in [2.75, 3.05) is 5.06 Å². The average molecular weight is 559 g/mol. The number of aromatic nitrogens is 1. The van der Waals surface area contributed by atoms with Crippen LogP contribution in [0.4, 0.5) is 5.82 Å². The summed E-state index contributed by atoms with van der Waals surface area (Å²) in [6.45, 7) is 24.8. The van der Waals surface area contributed by atoms with E-state index in [-0.39, 0.29) is 24.6 Å². The van der Waals surface area contributed by atoms with E-state index >= 15 is 0 Å². The van der Waals surface area contributed by atoms with Gasteiger partial charge in [0.2, 0.25) is 16.6 Å². The van der Waals surface area contributed by atoms with E-state index in [9.17, 15) is 0 Å². The van der Waals surface area contributed by atoms with Crippen LogP contribution in [-0.2, 0) is 13.7 Å². The Balaban J connectivity index is 0.000000292. The summed E-state index contributed by atoms with van der Waals surface area (Å²) in [5, 5.41) is 2.45. The first-order valence-electron chi connectivity index (χ1n) is 13.9. The molecule has 0 spiro atoms. The Morgan fingerprint density at radius 2 is 1.55 bits per heavy atom. The molecule has 0 radical (unpaired) electrons. The van der Waals surface area contributed by atoms with Crippen LogP contribution < -0.4 is 5.06 Å². The smallest absolute Gasteiger partial charge is 0.250 e. The predicted octanol–water partition coefficient (Wildman–Crippen LogP) is 9.46. The maximum atomic E-state index is 6.61. The molecule has 1 aromatic rings. The van der Waals surface area contributed by atoms with Crippen molar-refractivity contribution < 1.29 is 13.7 Å². The molecule has 2 aliphatic heterocycles. The highest BCUT2D eigenvalue weighted by Gasteiger charge is 2.45. The first-order chi connectivity index (χ1) is 17.0. The van der Waals surface area contributed by atoms with Gasteiger partial charge in [0.25, 0.3) is 0 Å². The van der Waals surface area contributed by atoms with Crippen LogP contribution in [0.25, 0.3) is 0 Å². The standard InChI is InChI=1S/C18H28N2O2Si.C12H22OSi.CH4/c1-13-8-7-9-17(19-13)20-15-11-10-14(21-20)12-16(15)22-23(5,6)18(2,3)4;1-12(2,3)14(4,5)13-11-9-7-6-8-10-11;/h7-9,12,14-15H,10-11H2,1-6H3;7,9-10H,6,8H2,1-5H3;1H4.